The fraction of sp³-hybridized carbons (Fsp3) is 0.308. The van der Waals surface area contributed by atoms with Crippen LogP contribution < -0.4 is 0 Å². The van der Waals surface area contributed by atoms with Crippen molar-refractivity contribution in [2.75, 3.05) is 0 Å². The molecule has 0 aliphatic carbocycles. The molecule has 0 spiro atoms. The lowest BCUT2D eigenvalue weighted by atomic mass is 9.85. The molecule has 2 aromatic rings. The van der Waals surface area contributed by atoms with E-state index >= 15 is 0 Å². The van der Waals surface area contributed by atoms with Gasteiger partial charge in [-0.15, -0.1) is 0 Å². The van der Waals surface area contributed by atoms with Crippen LogP contribution in [0.4, 0.5) is 0 Å². The molecular weight excluding hydrogens is 286 g/mol. The van der Waals surface area contributed by atoms with Gasteiger partial charge in [-0.25, -0.2) is 0 Å². The van der Waals surface area contributed by atoms with Crippen LogP contribution in [-0.2, 0) is 5.41 Å². The van der Waals surface area contributed by atoms with Crippen molar-refractivity contribution in [2.45, 2.75) is 26.2 Å². The van der Waals surface area contributed by atoms with Gasteiger partial charge in [-0.2, -0.15) is 0 Å². The van der Waals surface area contributed by atoms with Gasteiger partial charge < -0.3 is 0 Å². The third kappa shape index (κ3) is 1.96. The second-order valence-electron chi connectivity index (χ2n) is 4.87. The fourth-order valence-electron chi connectivity index (χ4n) is 1.77. The summed E-state index contributed by atoms with van der Waals surface area (Å²) in [7, 11) is 0. The number of aromatic nitrogens is 1. The Labute approximate surface area is 109 Å². The highest BCUT2D eigenvalue weighted by Crippen LogP contribution is 2.34. The van der Waals surface area contributed by atoms with Crippen LogP contribution in [-0.4, -0.2) is 4.98 Å². The largest absolute Gasteiger partial charge is 0.255 e. The third-order valence-electron chi connectivity index (χ3n) is 2.60. The lowest BCUT2D eigenvalue weighted by Crippen LogP contribution is -2.12. The first-order chi connectivity index (χ1) is 7.41. The number of benzene rings is 1. The van der Waals surface area contributed by atoms with Crippen molar-refractivity contribution in [3.63, 3.8) is 0 Å². The van der Waals surface area contributed by atoms with Crippen molar-refractivity contribution in [1.82, 2.24) is 4.98 Å². The molecule has 0 saturated heterocycles. The summed E-state index contributed by atoms with van der Waals surface area (Å²) in [5.41, 5.74) is 2.28. The van der Waals surface area contributed by atoms with Gasteiger partial charge in [-0.05, 0) is 26.9 Å². The molecule has 0 aliphatic rings. The van der Waals surface area contributed by atoms with Crippen LogP contribution in [0.15, 0.2) is 28.9 Å². The van der Waals surface area contributed by atoms with Crippen LogP contribution in [0.1, 0.15) is 26.3 Å². The summed E-state index contributed by atoms with van der Waals surface area (Å²) in [4.78, 5) is 4.48. The Morgan fingerprint density at radius 3 is 2.56 bits per heavy atom. The summed E-state index contributed by atoms with van der Waals surface area (Å²) in [6, 6.07) is 6.15. The van der Waals surface area contributed by atoms with E-state index < -0.39 is 0 Å². The van der Waals surface area contributed by atoms with Crippen LogP contribution >= 0.6 is 27.5 Å². The molecule has 0 saturated carbocycles. The molecule has 84 valence electrons. The van der Waals surface area contributed by atoms with Crippen molar-refractivity contribution in [2.24, 2.45) is 0 Å². The van der Waals surface area contributed by atoms with E-state index in [0.29, 0.717) is 0 Å². The maximum absolute atomic E-state index is 6.26. The predicted molar refractivity (Wildman–Crippen MR) is 73.2 cm³/mol. The smallest absolute Gasteiger partial charge is 0.0755 e. The zero-order valence-corrected chi connectivity index (χ0v) is 11.9. The van der Waals surface area contributed by atoms with Gasteiger partial charge in [0.15, 0.2) is 0 Å². The first-order valence-corrected chi connectivity index (χ1v) is 6.31. The van der Waals surface area contributed by atoms with E-state index in [1.54, 1.807) is 6.20 Å². The standard InChI is InChI=1S/C13H13BrClN/c1-13(2,3)9-6-4-5-8-11(15)10(14)7-16-12(8)9/h4-7H,1-3H3. The molecule has 0 aliphatic heterocycles. The number of nitrogens with zero attached hydrogens (tertiary/aromatic N) is 1. The van der Waals surface area contributed by atoms with Gasteiger partial charge in [0.1, 0.15) is 0 Å². The summed E-state index contributed by atoms with van der Waals surface area (Å²) < 4.78 is 0.840. The fourth-order valence-corrected chi connectivity index (χ4v) is 2.29. The predicted octanol–water partition coefficient (Wildman–Crippen LogP) is 4.95. The number of fused-ring (bicyclic) bond motifs is 1. The van der Waals surface area contributed by atoms with Gasteiger partial charge in [-0.1, -0.05) is 50.6 Å². The average Bonchev–Trinajstić information content (AvgIpc) is 2.21. The average molecular weight is 299 g/mol. The Morgan fingerprint density at radius 2 is 1.94 bits per heavy atom. The minimum absolute atomic E-state index is 0.0731. The van der Waals surface area contributed by atoms with E-state index in [0.717, 1.165) is 20.4 Å². The Bertz CT molecular complexity index is 543. The first kappa shape index (κ1) is 11.9. The van der Waals surface area contributed by atoms with Crippen molar-refractivity contribution in [3.8, 4) is 0 Å². The molecular formula is C13H13BrClN. The number of halogens is 2. The first-order valence-electron chi connectivity index (χ1n) is 5.14. The summed E-state index contributed by atoms with van der Waals surface area (Å²) in [5.74, 6) is 0. The quantitative estimate of drug-likeness (QED) is 0.670. The molecule has 0 unspecified atom stereocenters. The molecule has 0 amide bonds. The molecule has 1 nitrogen and oxygen atoms in total. The van der Waals surface area contributed by atoms with Gasteiger partial charge in [0, 0.05) is 11.6 Å². The highest BCUT2D eigenvalue weighted by Gasteiger charge is 2.18. The highest BCUT2D eigenvalue weighted by molar-refractivity contribution is 9.10. The van der Waals surface area contributed by atoms with Gasteiger partial charge in [0.05, 0.1) is 15.0 Å². The van der Waals surface area contributed by atoms with Crippen LogP contribution in [0.3, 0.4) is 0 Å². The zero-order valence-electron chi connectivity index (χ0n) is 9.51. The molecule has 0 N–H and O–H groups in total. The second kappa shape index (κ2) is 4.01. The van der Waals surface area contributed by atoms with Crippen molar-refractivity contribution in [1.29, 1.82) is 0 Å². The Morgan fingerprint density at radius 1 is 1.25 bits per heavy atom. The van der Waals surface area contributed by atoms with Crippen LogP contribution in [0.25, 0.3) is 10.9 Å². The number of hydrogen-bond donors (Lipinski definition) is 0. The van der Waals surface area contributed by atoms with E-state index in [1.807, 2.05) is 12.1 Å². The van der Waals surface area contributed by atoms with Gasteiger partial charge in [0.2, 0.25) is 0 Å². The molecule has 1 heterocycles. The topological polar surface area (TPSA) is 12.9 Å². The highest BCUT2D eigenvalue weighted by atomic mass is 79.9. The number of para-hydroxylation sites is 1. The van der Waals surface area contributed by atoms with Crippen molar-refractivity contribution < 1.29 is 0 Å². The number of rotatable bonds is 0. The second-order valence-corrected chi connectivity index (χ2v) is 6.10. The van der Waals surface area contributed by atoms with Gasteiger partial charge in [-0.3, -0.25) is 4.98 Å². The van der Waals surface area contributed by atoms with E-state index in [1.165, 1.54) is 5.56 Å². The van der Waals surface area contributed by atoms with E-state index in [2.05, 4.69) is 47.8 Å². The molecule has 2 rings (SSSR count). The third-order valence-corrected chi connectivity index (χ3v) is 3.83. The Hall–Kier alpha value is -0.600. The van der Waals surface area contributed by atoms with Crippen LogP contribution in [0.2, 0.25) is 5.02 Å². The summed E-state index contributed by atoms with van der Waals surface area (Å²) >= 11 is 9.66. The van der Waals surface area contributed by atoms with Crippen LogP contribution in [0, 0.1) is 0 Å². The lowest BCUT2D eigenvalue weighted by molar-refractivity contribution is 0.594. The van der Waals surface area contributed by atoms with Gasteiger partial charge >= 0.3 is 0 Å². The van der Waals surface area contributed by atoms with Gasteiger partial charge in [0.25, 0.3) is 0 Å². The van der Waals surface area contributed by atoms with E-state index in [-0.39, 0.29) is 5.41 Å². The van der Waals surface area contributed by atoms with Crippen molar-refractivity contribution >= 4 is 38.4 Å². The minimum Gasteiger partial charge on any atom is -0.255 e. The normalized spacial score (nSPS) is 12.1. The number of pyridine rings is 1. The zero-order chi connectivity index (χ0) is 11.9. The Balaban J connectivity index is 2.85. The Kier molecular flexibility index (Phi) is 2.97. The molecule has 0 bridgehead atoms. The molecule has 0 radical (unpaired) electrons. The summed E-state index contributed by atoms with van der Waals surface area (Å²) in [6.07, 6.45) is 1.76. The lowest BCUT2D eigenvalue weighted by Gasteiger charge is -2.20. The minimum atomic E-state index is 0.0731. The maximum atomic E-state index is 6.26. The number of hydrogen-bond acceptors (Lipinski definition) is 1. The monoisotopic (exact) mass is 297 g/mol. The van der Waals surface area contributed by atoms with E-state index in [9.17, 15) is 0 Å². The van der Waals surface area contributed by atoms with E-state index in [4.69, 9.17) is 11.6 Å². The SMILES string of the molecule is CC(C)(C)c1cccc2c(Cl)c(Br)cnc12. The molecule has 0 fully saturated rings. The molecule has 16 heavy (non-hydrogen) atoms. The van der Waals surface area contributed by atoms with Crippen molar-refractivity contribution in [3.05, 3.63) is 39.5 Å². The maximum Gasteiger partial charge on any atom is 0.0755 e. The van der Waals surface area contributed by atoms with Crippen LogP contribution in [0.5, 0.6) is 0 Å². The molecule has 0 atom stereocenters. The summed E-state index contributed by atoms with van der Waals surface area (Å²) in [5, 5.41) is 1.74. The molecule has 1 aromatic carbocycles. The molecule has 1 aromatic heterocycles. The summed E-state index contributed by atoms with van der Waals surface area (Å²) in [6.45, 7) is 6.54. The molecule has 3 heteroatoms.